The van der Waals surface area contributed by atoms with Crippen molar-refractivity contribution in [2.45, 2.75) is 62.0 Å². The molecule has 0 aliphatic rings. The highest BCUT2D eigenvalue weighted by Crippen LogP contribution is 2.43. The Morgan fingerprint density at radius 3 is 2.18 bits per heavy atom. The predicted octanol–water partition coefficient (Wildman–Crippen LogP) is 5.61. The standard InChI is InChI=1S/C15H26SSi/c1-6-7-13-15(2,17(3,4)5)16-14-11-9-8-10-12-14/h8-12H,6-7,13H2,1-5H3. The maximum Gasteiger partial charge on any atom is 0.0627 e. The summed E-state index contributed by atoms with van der Waals surface area (Å²) in [5.41, 5.74) is 0. The third-order valence-electron chi connectivity index (χ3n) is 3.68. The molecule has 17 heavy (non-hydrogen) atoms. The quantitative estimate of drug-likeness (QED) is 0.477. The lowest BCUT2D eigenvalue weighted by Crippen LogP contribution is -2.47. The Morgan fingerprint density at radius 1 is 1.12 bits per heavy atom. The third-order valence-corrected chi connectivity index (χ3v) is 10.4. The fraction of sp³-hybridized carbons (Fsp3) is 0.600. The number of unbranched alkanes of at least 4 members (excludes halogenated alkanes) is 1. The van der Waals surface area contributed by atoms with Gasteiger partial charge in [0.1, 0.15) is 0 Å². The van der Waals surface area contributed by atoms with Crippen LogP contribution in [-0.4, -0.2) is 12.4 Å². The van der Waals surface area contributed by atoms with Crippen LogP contribution >= 0.6 is 11.8 Å². The molecular weight excluding hydrogens is 240 g/mol. The number of rotatable bonds is 6. The molecule has 1 rings (SSSR count). The fourth-order valence-electron chi connectivity index (χ4n) is 1.84. The van der Waals surface area contributed by atoms with Crippen LogP contribution < -0.4 is 0 Å². The normalized spacial score (nSPS) is 15.6. The molecule has 1 unspecified atom stereocenters. The summed E-state index contributed by atoms with van der Waals surface area (Å²) in [4.78, 5) is 1.42. The Balaban J connectivity index is 2.84. The molecule has 0 fully saturated rings. The van der Waals surface area contributed by atoms with Crippen LogP contribution in [0.2, 0.25) is 19.6 Å². The first kappa shape index (κ1) is 14.8. The Hall–Kier alpha value is -0.213. The van der Waals surface area contributed by atoms with Crippen molar-refractivity contribution in [3.63, 3.8) is 0 Å². The van der Waals surface area contributed by atoms with Gasteiger partial charge in [-0.15, -0.1) is 11.8 Å². The van der Waals surface area contributed by atoms with Gasteiger partial charge in [0.2, 0.25) is 0 Å². The molecule has 0 amide bonds. The van der Waals surface area contributed by atoms with Gasteiger partial charge in [0.05, 0.1) is 8.07 Å². The molecule has 0 nitrogen and oxygen atoms in total. The van der Waals surface area contributed by atoms with Crippen molar-refractivity contribution in [1.82, 2.24) is 0 Å². The lowest BCUT2D eigenvalue weighted by atomic mass is 10.2. The second-order valence-electron chi connectivity index (χ2n) is 6.00. The summed E-state index contributed by atoms with van der Waals surface area (Å²) < 4.78 is 0.449. The largest absolute Gasteiger partial charge is 0.123 e. The lowest BCUT2D eigenvalue weighted by molar-refractivity contribution is 0.660. The van der Waals surface area contributed by atoms with Gasteiger partial charge in [0.15, 0.2) is 0 Å². The highest BCUT2D eigenvalue weighted by Gasteiger charge is 2.39. The second-order valence-corrected chi connectivity index (χ2v) is 13.5. The van der Waals surface area contributed by atoms with Crippen molar-refractivity contribution in [3.05, 3.63) is 30.3 Å². The molecule has 96 valence electrons. The minimum absolute atomic E-state index is 0.449. The molecule has 1 atom stereocenters. The van der Waals surface area contributed by atoms with Crippen molar-refractivity contribution in [2.24, 2.45) is 0 Å². The fourth-order valence-corrected chi connectivity index (χ4v) is 5.41. The topological polar surface area (TPSA) is 0 Å². The van der Waals surface area contributed by atoms with Crippen LogP contribution in [0.25, 0.3) is 0 Å². The number of benzene rings is 1. The molecule has 0 aliphatic carbocycles. The molecule has 0 radical (unpaired) electrons. The van der Waals surface area contributed by atoms with E-state index in [0.29, 0.717) is 4.37 Å². The van der Waals surface area contributed by atoms with Gasteiger partial charge < -0.3 is 0 Å². The van der Waals surface area contributed by atoms with Gasteiger partial charge in [0.25, 0.3) is 0 Å². The summed E-state index contributed by atoms with van der Waals surface area (Å²) in [6.07, 6.45) is 3.99. The van der Waals surface area contributed by atoms with E-state index in [9.17, 15) is 0 Å². The van der Waals surface area contributed by atoms with E-state index >= 15 is 0 Å². The predicted molar refractivity (Wildman–Crippen MR) is 83.6 cm³/mol. The van der Waals surface area contributed by atoms with Crippen LogP contribution in [0.5, 0.6) is 0 Å². The molecule has 1 aromatic rings. The van der Waals surface area contributed by atoms with Crippen molar-refractivity contribution in [1.29, 1.82) is 0 Å². The van der Waals surface area contributed by atoms with E-state index in [1.165, 1.54) is 24.2 Å². The average Bonchev–Trinajstić information content (AvgIpc) is 2.26. The van der Waals surface area contributed by atoms with Crippen molar-refractivity contribution in [3.8, 4) is 0 Å². The van der Waals surface area contributed by atoms with Gasteiger partial charge in [-0.05, 0) is 18.6 Å². The van der Waals surface area contributed by atoms with E-state index in [-0.39, 0.29) is 0 Å². The highest BCUT2D eigenvalue weighted by atomic mass is 32.2. The van der Waals surface area contributed by atoms with Crippen LogP contribution in [0, 0.1) is 0 Å². The van der Waals surface area contributed by atoms with Crippen LogP contribution in [0.15, 0.2) is 35.2 Å². The van der Waals surface area contributed by atoms with Gasteiger partial charge >= 0.3 is 0 Å². The Labute approximate surface area is 112 Å². The summed E-state index contributed by atoms with van der Waals surface area (Å²) in [5.74, 6) is 0. The van der Waals surface area contributed by atoms with E-state index in [1.54, 1.807) is 0 Å². The zero-order chi connectivity index (χ0) is 12.9. The summed E-state index contributed by atoms with van der Waals surface area (Å²) in [6.45, 7) is 12.3. The Kier molecular flexibility index (Phi) is 5.33. The van der Waals surface area contributed by atoms with Crippen LogP contribution in [0.1, 0.15) is 33.1 Å². The van der Waals surface area contributed by atoms with Crippen LogP contribution in [0.4, 0.5) is 0 Å². The van der Waals surface area contributed by atoms with Crippen molar-refractivity contribution < 1.29 is 0 Å². The summed E-state index contributed by atoms with van der Waals surface area (Å²) in [7, 11) is -1.17. The molecule has 0 aliphatic heterocycles. The minimum Gasteiger partial charge on any atom is -0.123 e. The first-order valence-corrected chi connectivity index (χ1v) is 10.9. The lowest BCUT2D eigenvalue weighted by Gasteiger charge is -2.40. The van der Waals surface area contributed by atoms with Gasteiger partial charge in [-0.3, -0.25) is 0 Å². The molecule has 0 heterocycles. The molecule has 0 bridgehead atoms. The number of thioether (sulfide) groups is 1. The Bertz CT molecular complexity index is 329. The Morgan fingerprint density at radius 2 is 1.71 bits per heavy atom. The monoisotopic (exact) mass is 266 g/mol. The van der Waals surface area contributed by atoms with Gasteiger partial charge in [0, 0.05) is 9.27 Å². The van der Waals surface area contributed by atoms with Crippen LogP contribution in [0.3, 0.4) is 0 Å². The third kappa shape index (κ3) is 4.18. The summed E-state index contributed by atoms with van der Waals surface area (Å²) >= 11 is 2.10. The highest BCUT2D eigenvalue weighted by molar-refractivity contribution is 8.02. The second kappa shape index (κ2) is 6.10. The van der Waals surface area contributed by atoms with Crippen molar-refractivity contribution >= 4 is 19.8 Å². The van der Waals surface area contributed by atoms with Gasteiger partial charge in [-0.2, -0.15) is 0 Å². The smallest absolute Gasteiger partial charge is 0.0627 e. The van der Waals surface area contributed by atoms with Gasteiger partial charge in [-0.25, -0.2) is 0 Å². The molecule has 1 aromatic carbocycles. The first-order valence-electron chi connectivity index (χ1n) is 6.63. The zero-order valence-corrected chi connectivity index (χ0v) is 13.7. The molecule has 0 spiro atoms. The SMILES string of the molecule is CCCCC(C)(Sc1ccccc1)[Si](C)(C)C. The molecule has 2 heteroatoms. The molecule has 0 saturated heterocycles. The van der Waals surface area contributed by atoms with Crippen molar-refractivity contribution in [2.75, 3.05) is 0 Å². The average molecular weight is 267 g/mol. The van der Waals surface area contributed by atoms with E-state index in [0.717, 1.165) is 0 Å². The maximum absolute atomic E-state index is 2.50. The zero-order valence-electron chi connectivity index (χ0n) is 11.9. The van der Waals surface area contributed by atoms with Gasteiger partial charge in [-0.1, -0.05) is 64.5 Å². The van der Waals surface area contributed by atoms with E-state index < -0.39 is 8.07 Å². The minimum atomic E-state index is -1.17. The number of hydrogen-bond donors (Lipinski definition) is 0. The van der Waals surface area contributed by atoms with E-state index in [4.69, 9.17) is 0 Å². The summed E-state index contributed by atoms with van der Waals surface area (Å²) in [6, 6.07) is 10.9. The molecule has 0 saturated carbocycles. The first-order chi connectivity index (χ1) is 7.89. The molecular formula is C15H26SSi. The molecule has 0 aromatic heterocycles. The summed E-state index contributed by atoms with van der Waals surface area (Å²) in [5, 5.41) is 0. The van der Waals surface area contributed by atoms with E-state index in [1.807, 2.05) is 0 Å². The number of hydrogen-bond acceptors (Lipinski definition) is 1. The van der Waals surface area contributed by atoms with Crippen LogP contribution in [-0.2, 0) is 0 Å². The van der Waals surface area contributed by atoms with E-state index in [2.05, 4.69) is 75.6 Å². The molecule has 0 N–H and O–H groups in total. The maximum atomic E-state index is 2.50.